The van der Waals surface area contributed by atoms with Gasteiger partial charge in [-0.1, -0.05) is 18.2 Å². The Labute approximate surface area is 203 Å². The highest BCUT2D eigenvalue weighted by Crippen LogP contribution is 2.18. The number of nitrogens with zero attached hydrogens (tertiary/aromatic N) is 3. The van der Waals surface area contributed by atoms with Crippen LogP contribution in [-0.4, -0.2) is 41.2 Å². The van der Waals surface area contributed by atoms with Gasteiger partial charge < -0.3 is 20.1 Å². The number of aromatic nitrogens is 2. The molecule has 0 fully saturated rings. The number of nitrogens with one attached hydrogen (secondary N) is 3. The van der Waals surface area contributed by atoms with E-state index < -0.39 is 5.97 Å². The van der Waals surface area contributed by atoms with E-state index in [9.17, 15) is 4.79 Å². The van der Waals surface area contributed by atoms with E-state index in [1.807, 2.05) is 44.2 Å². The van der Waals surface area contributed by atoms with Crippen molar-refractivity contribution in [3.8, 4) is 5.75 Å². The number of rotatable bonds is 6. The molecule has 0 aliphatic rings. The van der Waals surface area contributed by atoms with Crippen LogP contribution in [-0.2, 0) is 11.3 Å². The van der Waals surface area contributed by atoms with Crippen LogP contribution < -0.4 is 20.7 Å². The fraction of sp³-hybridized carbons (Fsp3) is 0.208. The van der Waals surface area contributed by atoms with Gasteiger partial charge in [0.2, 0.25) is 11.9 Å². The van der Waals surface area contributed by atoms with E-state index in [0.717, 1.165) is 22.7 Å². The van der Waals surface area contributed by atoms with E-state index in [0.29, 0.717) is 34.8 Å². The smallest absolute Gasteiger partial charge is 0.337 e. The predicted octanol–water partition coefficient (Wildman–Crippen LogP) is 3.84. The maximum Gasteiger partial charge on any atom is 0.337 e. The van der Waals surface area contributed by atoms with Crippen molar-refractivity contribution in [2.75, 3.05) is 24.9 Å². The fourth-order valence-electron chi connectivity index (χ4n) is 3.07. The van der Waals surface area contributed by atoms with Crippen molar-refractivity contribution in [3.05, 3.63) is 77.1 Å². The van der Waals surface area contributed by atoms with Gasteiger partial charge in [-0.25, -0.2) is 19.8 Å². The molecule has 0 unspecified atom stereocenters. The van der Waals surface area contributed by atoms with E-state index in [4.69, 9.17) is 21.7 Å². The number of esters is 1. The van der Waals surface area contributed by atoms with Crippen molar-refractivity contribution in [1.82, 2.24) is 15.3 Å². The van der Waals surface area contributed by atoms with Gasteiger partial charge in [0.1, 0.15) is 5.75 Å². The molecule has 0 aliphatic heterocycles. The molecule has 3 aromatic rings. The first-order valence-corrected chi connectivity index (χ1v) is 10.8. The van der Waals surface area contributed by atoms with Crippen molar-refractivity contribution in [3.63, 3.8) is 0 Å². The summed E-state index contributed by atoms with van der Waals surface area (Å²) in [6, 6.07) is 16.3. The molecule has 3 N–H and O–H groups in total. The number of guanidine groups is 1. The number of aliphatic imine (C=N–C) groups is 1. The maximum atomic E-state index is 11.6. The SMILES string of the molecule is COC(=O)c1ccc(NC(=S)NC(=NCc2ccccc2OC)Nc2nc(C)cc(C)n2)cc1. The number of ether oxygens (including phenoxy) is 2. The second-order valence-electron chi connectivity index (χ2n) is 7.22. The average Bonchev–Trinajstić information content (AvgIpc) is 2.82. The standard InChI is InChI=1S/C24H26N6O3S/c1-15-13-16(2)27-23(26-15)29-22(25-14-18-7-5-6-8-20(18)32-3)30-24(34)28-19-11-9-17(10-12-19)21(31)33-4/h5-13H,14H2,1-4H3,(H3,25,26,27,28,29,30,34). The number of benzene rings is 2. The molecule has 0 bridgehead atoms. The molecular formula is C24H26N6O3S. The first-order chi connectivity index (χ1) is 16.4. The van der Waals surface area contributed by atoms with Crippen LogP contribution in [0.3, 0.4) is 0 Å². The molecule has 10 heteroatoms. The molecule has 34 heavy (non-hydrogen) atoms. The second kappa shape index (κ2) is 11.7. The van der Waals surface area contributed by atoms with Crippen molar-refractivity contribution in [2.24, 2.45) is 4.99 Å². The molecule has 0 saturated heterocycles. The Morgan fingerprint density at radius 3 is 2.32 bits per heavy atom. The van der Waals surface area contributed by atoms with E-state index in [2.05, 4.69) is 30.9 Å². The number of hydrogen-bond acceptors (Lipinski definition) is 7. The van der Waals surface area contributed by atoms with E-state index in [1.54, 1.807) is 31.4 Å². The van der Waals surface area contributed by atoms with Crippen LogP contribution in [0.15, 0.2) is 59.6 Å². The highest BCUT2D eigenvalue weighted by molar-refractivity contribution is 7.80. The molecule has 0 aliphatic carbocycles. The molecule has 0 saturated carbocycles. The van der Waals surface area contributed by atoms with Crippen molar-refractivity contribution >= 4 is 40.9 Å². The molecule has 0 amide bonds. The van der Waals surface area contributed by atoms with Crippen molar-refractivity contribution < 1.29 is 14.3 Å². The minimum atomic E-state index is -0.407. The summed E-state index contributed by atoms with van der Waals surface area (Å²) in [5.41, 5.74) is 3.69. The third-order valence-corrected chi connectivity index (χ3v) is 4.81. The number of aryl methyl sites for hydroxylation is 2. The van der Waals surface area contributed by atoms with Crippen LogP contribution in [0.4, 0.5) is 11.6 Å². The normalized spacial score (nSPS) is 10.9. The lowest BCUT2D eigenvalue weighted by Gasteiger charge is -2.15. The van der Waals surface area contributed by atoms with Crippen LogP contribution in [0.25, 0.3) is 0 Å². The molecule has 1 aromatic heterocycles. The number of hydrogen-bond donors (Lipinski definition) is 3. The number of anilines is 2. The third kappa shape index (κ3) is 6.97. The Balaban J connectivity index is 1.78. The third-order valence-electron chi connectivity index (χ3n) is 4.61. The molecule has 9 nitrogen and oxygen atoms in total. The Hall–Kier alpha value is -4.05. The summed E-state index contributed by atoms with van der Waals surface area (Å²) in [7, 11) is 2.96. The van der Waals surface area contributed by atoms with Gasteiger partial charge in [-0.3, -0.25) is 5.32 Å². The van der Waals surface area contributed by atoms with Crippen LogP contribution >= 0.6 is 12.2 Å². The van der Waals surface area contributed by atoms with Gasteiger partial charge >= 0.3 is 5.97 Å². The number of para-hydroxylation sites is 1. The van der Waals surface area contributed by atoms with E-state index >= 15 is 0 Å². The minimum absolute atomic E-state index is 0.293. The van der Waals surface area contributed by atoms with Crippen LogP contribution in [0.1, 0.15) is 27.3 Å². The minimum Gasteiger partial charge on any atom is -0.496 e. The molecule has 3 rings (SSSR count). The number of carbonyl (C=O) groups is 1. The summed E-state index contributed by atoms with van der Waals surface area (Å²) in [4.78, 5) is 25.1. The topological polar surface area (TPSA) is 110 Å². The predicted molar refractivity (Wildman–Crippen MR) is 136 cm³/mol. The van der Waals surface area contributed by atoms with Crippen LogP contribution in [0.2, 0.25) is 0 Å². The number of methoxy groups -OCH3 is 2. The summed E-state index contributed by atoms with van der Waals surface area (Å²) >= 11 is 5.47. The molecular weight excluding hydrogens is 452 g/mol. The summed E-state index contributed by atoms with van der Waals surface area (Å²) in [5.74, 6) is 1.09. The zero-order chi connectivity index (χ0) is 24.5. The molecule has 2 aromatic carbocycles. The molecule has 0 spiro atoms. The molecule has 0 atom stereocenters. The zero-order valence-electron chi connectivity index (χ0n) is 19.4. The largest absolute Gasteiger partial charge is 0.496 e. The number of thiocarbonyl (C=S) groups is 1. The summed E-state index contributed by atoms with van der Waals surface area (Å²) in [5, 5.41) is 9.52. The molecule has 1 heterocycles. The Kier molecular flexibility index (Phi) is 8.47. The molecule has 176 valence electrons. The van der Waals surface area contributed by atoms with Gasteiger partial charge in [0, 0.05) is 22.6 Å². The summed E-state index contributed by atoms with van der Waals surface area (Å²) < 4.78 is 10.1. The summed E-state index contributed by atoms with van der Waals surface area (Å²) in [6.07, 6.45) is 0. The highest BCUT2D eigenvalue weighted by atomic mass is 32.1. The fourth-order valence-corrected chi connectivity index (χ4v) is 3.29. The number of carbonyl (C=O) groups excluding carboxylic acids is 1. The summed E-state index contributed by atoms with van der Waals surface area (Å²) in [6.45, 7) is 4.12. The Bertz CT molecular complexity index is 1180. The Morgan fingerprint density at radius 2 is 1.68 bits per heavy atom. The van der Waals surface area contributed by atoms with Crippen molar-refractivity contribution in [2.45, 2.75) is 20.4 Å². The van der Waals surface area contributed by atoms with Crippen LogP contribution in [0.5, 0.6) is 5.75 Å². The maximum absolute atomic E-state index is 11.6. The first kappa shape index (κ1) is 24.6. The van der Waals surface area contributed by atoms with E-state index in [1.165, 1.54) is 7.11 Å². The lowest BCUT2D eigenvalue weighted by atomic mass is 10.2. The van der Waals surface area contributed by atoms with Gasteiger partial charge in [-0.05, 0) is 62.5 Å². The van der Waals surface area contributed by atoms with Gasteiger partial charge in [0.25, 0.3) is 0 Å². The Morgan fingerprint density at radius 1 is 1.00 bits per heavy atom. The quantitative estimate of drug-likeness (QED) is 0.211. The highest BCUT2D eigenvalue weighted by Gasteiger charge is 2.10. The monoisotopic (exact) mass is 478 g/mol. The lowest BCUT2D eigenvalue weighted by Crippen LogP contribution is -2.39. The second-order valence-corrected chi connectivity index (χ2v) is 7.63. The first-order valence-electron chi connectivity index (χ1n) is 10.4. The van der Waals surface area contributed by atoms with E-state index in [-0.39, 0.29) is 0 Å². The van der Waals surface area contributed by atoms with Gasteiger partial charge in [-0.15, -0.1) is 0 Å². The average molecular weight is 479 g/mol. The van der Waals surface area contributed by atoms with Gasteiger partial charge in [0.05, 0.1) is 26.3 Å². The van der Waals surface area contributed by atoms with Crippen LogP contribution in [0, 0.1) is 13.8 Å². The van der Waals surface area contributed by atoms with Gasteiger partial charge in [0.15, 0.2) is 5.11 Å². The van der Waals surface area contributed by atoms with Crippen molar-refractivity contribution in [1.29, 1.82) is 0 Å². The zero-order valence-corrected chi connectivity index (χ0v) is 20.2. The lowest BCUT2D eigenvalue weighted by molar-refractivity contribution is 0.0601. The molecule has 0 radical (unpaired) electrons. The van der Waals surface area contributed by atoms with Gasteiger partial charge in [-0.2, -0.15) is 0 Å².